The number of halogens is 2. The second kappa shape index (κ2) is 8.82. The van der Waals surface area contributed by atoms with E-state index in [0.29, 0.717) is 5.75 Å². The number of nitrogens with zero attached hydrogens (tertiary/aromatic N) is 1. The van der Waals surface area contributed by atoms with Crippen LogP contribution in [-0.2, 0) is 0 Å². The van der Waals surface area contributed by atoms with Crippen LogP contribution in [0.4, 0.5) is 0 Å². The number of piperazine rings is 1. The zero-order valence-corrected chi connectivity index (χ0v) is 15.4. The van der Waals surface area contributed by atoms with Crippen molar-refractivity contribution in [3.05, 3.63) is 23.8 Å². The number of para-hydroxylation sites is 1. The number of hydrogen-bond donors (Lipinski definition) is 2. The molecule has 1 aromatic carbocycles. The van der Waals surface area contributed by atoms with Gasteiger partial charge in [-0.15, -0.1) is 24.8 Å². The molecule has 1 heterocycles. The van der Waals surface area contributed by atoms with Crippen molar-refractivity contribution in [2.75, 3.05) is 33.3 Å². The van der Waals surface area contributed by atoms with E-state index in [1.54, 1.807) is 13.2 Å². The van der Waals surface area contributed by atoms with E-state index in [4.69, 9.17) is 4.74 Å². The van der Waals surface area contributed by atoms with Crippen LogP contribution in [0.5, 0.6) is 11.5 Å². The molecule has 0 aromatic heterocycles. The Hall–Kier alpha value is -0.680. The van der Waals surface area contributed by atoms with Crippen molar-refractivity contribution < 1.29 is 9.84 Å². The molecule has 0 spiro atoms. The summed E-state index contributed by atoms with van der Waals surface area (Å²) in [7, 11) is 1.59. The number of rotatable bonds is 3. The average Bonchev–Trinajstić information content (AvgIpc) is 2.41. The molecule has 0 amide bonds. The van der Waals surface area contributed by atoms with Crippen molar-refractivity contribution in [1.82, 2.24) is 10.2 Å². The Morgan fingerprint density at radius 2 is 1.77 bits per heavy atom. The molecule has 128 valence electrons. The lowest BCUT2D eigenvalue weighted by molar-refractivity contribution is 0.0839. The first-order valence-electron chi connectivity index (χ1n) is 7.26. The highest BCUT2D eigenvalue weighted by atomic mass is 35.5. The predicted octanol–water partition coefficient (Wildman–Crippen LogP) is 3.24. The molecule has 0 bridgehead atoms. The summed E-state index contributed by atoms with van der Waals surface area (Å²) in [6.45, 7) is 10.7. The largest absolute Gasteiger partial charge is 0.504 e. The van der Waals surface area contributed by atoms with Gasteiger partial charge < -0.3 is 15.2 Å². The Kier molecular flexibility index (Phi) is 8.55. The second-order valence-corrected chi connectivity index (χ2v) is 6.45. The molecule has 2 rings (SSSR count). The average molecular weight is 351 g/mol. The monoisotopic (exact) mass is 350 g/mol. The van der Waals surface area contributed by atoms with Gasteiger partial charge in [0.25, 0.3) is 0 Å². The molecule has 0 saturated carbocycles. The lowest BCUT2D eigenvalue weighted by Gasteiger charge is -2.42. The summed E-state index contributed by atoms with van der Waals surface area (Å²) in [5.74, 6) is 0.820. The fourth-order valence-corrected chi connectivity index (χ4v) is 3.08. The smallest absolute Gasteiger partial charge is 0.162 e. The first-order chi connectivity index (χ1) is 9.45. The molecule has 22 heavy (non-hydrogen) atoms. The number of nitrogens with one attached hydrogen (secondary N) is 1. The molecule has 6 heteroatoms. The molecule has 1 aromatic rings. The summed E-state index contributed by atoms with van der Waals surface area (Å²) < 4.78 is 5.25. The van der Waals surface area contributed by atoms with Crippen LogP contribution >= 0.6 is 24.8 Å². The maximum Gasteiger partial charge on any atom is 0.162 e. The summed E-state index contributed by atoms with van der Waals surface area (Å²) in [6, 6.07) is 5.95. The standard InChI is InChI=1S/C16H26N2O2.2ClH/c1-16(2,3)15(18-10-8-17-9-11-18)12-6-5-7-13(20-4)14(12)19;;/h5-7,15,17,19H,8-11H2,1-4H3;2*1H/t15-;;/m0../s1. The minimum atomic E-state index is 0. The molecule has 0 radical (unpaired) electrons. The second-order valence-electron chi connectivity index (χ2n) is 6.45. The van der Waals surface area contributed by atoms with Crippen molar-refractivity contribution in [3.63, 3.8) is 0 Å². The summed E-state index contributed by atoms with van der Waals surface area (Å²) >= 11 is 0. The van der Waals surface area contributed by atoms with Crippen LogP contribution in [0.3, 0.4) is 0 Å². The maximum atomic E-state index is 10.5. The van der Waals surface area contributed by atoms with Crippen LogP contribution in [0.25, 0.3) is 0 Å². The van der Waals surface area contributed by atoms with Gasteiger partial charge in [0.1, 0.15) is 0 Å². The van der Waals surface area contributed by atoms with E-state index in [0.717, 1.165) is 31.7 Å². The zero-order valence-electron chi connectivity index (χ0n) is 13.8. The van der Waals surface area contributed by atoms with E-state index in [9.17, 15) is 5.11 Å². The lowest BCUT2D eigenvalue weighted by Crippen LogP contribution is -2.48. The fourth-order valence-electron chi connectivity index (χ4n) is 3.08. The molecule has 1 aliphatic rings. The van der Waals surface area contributed by atoms with Gasteiger partial charge in [0, 0.05) is 37.8 Å². The summed E-state index contributed by atoms with van der Waals surface area (Å²) in [5.41, 5.74) is 1.00. The normalized spacial score (nSPS) is 17.1. The summed E-state index contributed by atoms with van der Waals surface area (Å²) in [6.07, 6.45) is 0. The number of phenolic OH excluding ortho intramolecular Hbond substituents is 1. The van der Waals surface area contributed by atoms with Gasteiger partial charge in [-0.1, -0.05) is 32.9 Å². The van der Waals surface area contributed by atoms with Crippen molar-refractivity contribution >= 4 is 24.8 Å². The minimum Gasteiger partial charge on any atom is -0.504 e. The van der Waals surface area contributed by atoms with E-state index >= 15 is 0 Å². The van der Waals surface area contributed by atoms with E-state index < -0.39 is 0 Å². The maximum absolute atomic E-state index is 10.5. The number of benzene rings is 1. The van der Waals surface area contributed by atoms with Gasteiger partial charge >= 0.3 is 0 Å². The molecular formula is C16H28Cl2N2O2. The number of hydrogen-bond acceptors (Lipinski definition) is 4. The highest BCUT2D eigenvalue weighted by Crippen LogP contribution is 2.44. The molecule has 2 N–H and O–H groups in total. The van der Waals surface area contributed by atoms with Gasteiger partial charge in [-0.2, -0.15) is 0 Å². The zero-order chi connectivity index (χ0) is 14.8. The van der Waals surface area contributed by atoms with E-state index in [1.807, 2.05) is 12.1 Å². The molecule has 4 nitrogen and oxygen atoms in total. The Morgan fingerprint density at radius 1 is 1.18 bits per heavy atom. The molecule has 0 aliphatic carbocycles. The molecule has 1 fully saturated rings. The molecule has 0 unspecified atom stereocenters. The lowest BCUT2D eigenvalue weighted by atomic mass is 9.80. The predicted molar refractivity (Wildman–Crippen MR) is 95.8 cm³/mol. The van der Waals surface area contributed by atoms with Crippen molar-refractivity contribution in [3.8, 4) is 11.5 Å². The number of methoxy groups -OCH3 is 1. The van der Waals surface area contributed by atoms with Gasteiger partial charge in [-0.25, -0.2) is 0 Å². The topological polar surface area (TPSA) is 44.7 Å². The van der Waals surface area contributed by atoms with Gasteiger partial charge in [0.15, 0.2) is 11.5 Å². The SMILES string of the molecule is COc1cccc([C@H](N2CCNCC2)C(C)(C)C)c1O.Cl.Cl. The van der Waals surface area contributed by atoms with Crippen molar-refractivity contribution in [2.45, 2.75) is 26.8 Å². The molecule has 1 atom stereocenters. The first-order valence-corrected chi connectivity index (χ1v) is 7.26. The van der Waals surface area contributed by atoms with Crippen LogP contribution in [0.15, 0.2) is 18.2 Å². The third kappa shape index (κ3) is 4.66. The Bertz CT molecular complexity index is 458. The van der Waals surface area contributed by atoms with E-state index in [1.165, 1.54) is 0 Å². The quantitative estimate of drug-likeness (QED) is 0.878. The minimum absolute atomic E-state index is 0. The first kappa shape index (κ1) is 21.3. The van der Waals surface area contributed by atoms with Crippen molar-refractivity contribution in [2.24, 2.45) is 5.41 Å². The van der Waals surface area contributed by atoms with Gasteiger partial charge in [-0.3, -0.25) is 4.90 Å². The highest BCUT2D eigenvalue weighted by Gasteiger charge is 2.34. The Morgan fingerprint density at radius 3 is 2.27 bits per heavy atom. The summed E-state index contributed by atoms with van der Waals surface area (Å²) in [5, 5.41) is 13.9. The number of aromatic hydroxyl groups is 1. The van der Waals surface area contributed by atoms with Crippen LogP contribution in [0.2, 0.25) is 0 Å². The Balaban J connectivity index is 0.00000220. The van der Waals surface area contributed by atoms with E-state index in [2.05, 4.69) is 31.0 Å². The van der Waals surface area contributed by atoms with E-state index in [-0.39, 0.29) is 42.0 Å². The molecule has 1 saturated heterocycles. The number of phenols is 1. The van der Waals surface area contributed by atoms with Gasteiger partial charge in [-0.05, 0) is 11.5 Å². The fraction of sp³-hybridized carbons (Fsp3) is 0.625. The highest BCUT2D eigenvalue weighted by molar-refractivity contribution is 5.85. The van der Waals surface area contributed by atoms with Crippen LogP contribution in [0, 0.1) is 5.41 Å². The van der Waals surface area contributed by atoms with Crippen LogP contribution in [-0.4, -0.2) is 43.3 Å². The molecular weight excluding hydrogens is 323 g/mol. The van der Waals surface area contributed by atoms with Crippen LogP contribution < -0.4 is 10.1 Å². The van der Waals surface area contributed by atoms with Gasteiger partial charge in [0.2, 0.25) is 0 Å². The van der Waals surface area contributed by atoms with Crippen molar-refractivity contribution in [1.29, 1.82) is 0 Å². The third-order valence-electron chi connectivity index (χ3n) is 3.88. The summed E-state index contributed by atoms with van der Waals surface area (Å²) in [4.78, 5) is 2.45. The number of ether oxygens (including phenoxy) is 1. The molecule has 1 aliphatic heterocycles. The Labute approximate surface area is 146 Å². The van der Waals surface area contributed by atoms with Gasteiger partial charge in [0.05, 0.1) is 7.11 Å². The van der Waals surface area contributed by atoms with Crippen LogP contribution in [0.1, 0.15) is 32.4 Å². The third-order valence-corrected chi connectivity index (χ3v) is 3.88.